The summed E-state index contributed by atoms with van der Waals surface area (Å²) in [6.07, 6.45) is 0. The summed E-state index contributed by atoms with van der Waals surface area (Å²) in [5, 5.41) is 0.360. The van der Waals surface area contributed by atoms with Gasteiger partial charge in [-0.1, -0.05) is 17.7 Å². The molecule has 1 aromatic rings. The standard InChI is InChI=1S/C14H20ClN3O/c1-14(2,3)18-9-7-17(8-10-18)13(19)11-5-4-6-12(15)16-11/h4-6H,7-10H2,1-3H3. The first-order chi connectivity index (χ1) is 8.88. The van der Waals surface area contributed by atoms with Gasteiger partial charge in [0.05, 0.1) is 0 Å². The van der Waals surface area contributed by atoms with Gasteiger partial charge in [0.15, 0.2) is 0 Å². The molecule has 2 heterocycles. The summed E-state index contributed by atoms with van der Waals surface area (Å²) >= 11 is 5.82. The molecule has 1 aromatic heterocycles. The molecule has 1 amide bonds. The van der Waals surface area contributed by atoms with Gasteiger partial charge in [-0.3, -0.25) is 9.69 Å². The van der Waals surface area contributed by atoms with Gasteiger partial charge < -0.3 is 4.90 Å². The van der Waals surface area contributed by atoms with Gasteiger partial charge in [0.1, 0.15) is 10.8 Å². The van der Waals surface area contributed by atoms with Crippen molar-refractivity contribution >= 4 is 17.5 Å². The maximum absolute atomic E-state index is 12.3. The third-order valence-corrected chi connectivity index (χ3v) is 3.66. The Labute approximate surface area is 119 Å². The van der Waals surface area contributed by atoms with E-state index in [1.807, 2.05) is 4.90 Å². The molecule has 104 valence electrons. The van der Waals surface area contributed by atoms with E-state index in [9.17, 15) is 4.79 Å². The molecule has 1 fully saturated rings. The Hall–Kier alpha value is -1.13. The molecule has 0 aromatic carbocycles. The zero-order chi connectivity index (χ0) is 14.0. The van der Waals surface area contributed by atoms with Gasteiger partial charge in [0.25, 0.3) is 5.91 Å². The number of hydrogen-bond donors (Lipinski definition) is 0. The number of halogens is 1. The first kappa shape index (κ1) is 14.3. The highest BCUT2D eigenvalue weighted by Crippen LogP contribution is 2.17. The zero-order valence-corrected chi connectivity index (χ0v) is 12.4. The first-order valence-electron chi connectivity index (χ1n) is 6.55. The zero-order valence-electron chi connectivity index (χ0n) is 11.7. The Morgan fingerprint density at radius 3 is 2.37 bits per heavy atom. The molecule has 1 saturated heterocycles. The molecule has 19 heavy (non-hydrogen) atoms. The van der Waals surface area contributed by atoms with E-state index in [0.29, 0.717) is 10.8 Å². The van der Waals surface area contributed by atoms with E-state index in [1.165, 1.54) is 0 Å². The van der Waals surface area contributed by atoms with E-state index in [1.54, 1.807) is 18.2 Å². The molecule has 0 atom stereocenters. The molecule has 0 spiro atoms. The molecule has 5 heteroatoms. The molecule has 1 aliphatic heterocycles. The van der Waals surface area contributed by atoms with Gasteiger partial charge in [-0.25, -0.2) is 4.98 Å². The van der Waals surface area contributed by atoms with Crippen LogP contribution < -0.4 is 0 Å². The Bertz CT molecular complexity index is 462. The molecule has 0 radical (unpaired) electrons. The van der Waals surface area contributed by atoms with E-state index in [-0.39, 0.29) is 11.4 Å². The lowest BCUT2D eigenvalue weighted by molar-refractivity contribution is 0.0447. The number of carbonyl (C=O) groups is 1. The summed E-state index contributed by atoms with van der Waals surface area (Å²) in [5.41, 5.74) is 0.584. The quantitative estimate of drug-likeness (QED) is 0.741. The molecule has 2 rings (SSSR count). The van der Waals surface area contributed by atoms with Crippen LogP contribution >= 0.6 is 11.6 Å². The van der Waals surface area contributed by atoms with Crippen LogP contribution in [0.3, 0.4) is 0 Å². The van der Waals surface area contributed by atoms with Gasteiger partial charge in [0, 0.05) is 31.7 Å². The normalized spacial score (nSPS) is 17.6. The smallest absolute Gasteiger partial charge is 0.272 e. The number of amides is 1. The highest BCUT2D eigenvalue weighted by atomic mass is 35.5. The van der Waals surface area contributed by atoms with Crippen molar-refractivity contribution in [1.29, 1.82) is 0 Å². The summed E-state index contributed by atoms with van der Waals surface area (Å²) in [4.78, 5) is 20.6. The van der Waals surface area contributed by atoms with Crippen LogP contribution in [0.1, 0.15) is 31.3 Å². The van der Waals surface area contributed by atoms with Gasteiger partial charge in [-0.2, -0.15) is 0 Å². The Morgan fingerprint density at radius 2 is 1.84 bits per heavy atom. The molecule has 0 unspecified atom stereocenters. The van der Waals surface area contributed by atoms with Crippen LogP contribution in [0.4, 0.5) is 0 Å². The average Bonchev–Trinajstić information content (AvgIpc) is 2.37. The Balaban J connectivity index is 2.00. The molecule has 0 saturated carbocycles. The van der Waals surface area contributed by atoms with Crippen molar-refractivity contribution in [3.05, 3.63) is 29.0 Å². The van der Waals surface area contributed by atoms with Crippen molar-refractivity contribution in [3.8, 4) is 0 Å². The summed E-state index contributed by atoms with van der Waals surface area (Å²) in [7, 11) is 0. The molecular formula is C14H20ClN3O. The Kier molecular flexibility index (Phi) is 4.11. The average molecular weight is 282 g/mol. The SMILES string of the molecule is CC(C)(C)N1CCN(C(=O)c2cccc(Cl)n2)CC1. The van der Waals surface area contributed by atoms with Crippen molar-refractivity contribution < 1.29 is 4.79 Å². The van der Waals surface area contributed by atoms with E-state index in [2.05, 4.69) is 30.7 Å². The second-order valence-electron chi connectivity index (χ2n) is 5.80. The second-order valence-corrected chi connectivity index (χ2v) is 6.18. The van der Waals surface area contributed by atoms with Crippen molar-refractivity contribution in [2.75, 3.05) is 26.2 Å². The number of piperazine rings is 1. The monoisotopic (exact) mass is 281 g/mol. The fourth-order valence-electron chi connectivity index (χ4n) is 2.27. The van der Waals surface area contributed by atoms with Crippen LogP contribution in [0.5, 0.6) is 0 Å². The summed E-state index contributed by atoms with van der Waals surface area (Å²) < 4.78 is 0. The predicted octanol–water partition coefficient (Wildman–Crippen LogP) is 2.29. The minimum absolute atomic E-state index is 0.0314. The van der Waals surface area contributed by atoms with Crippen LogP contribution in [-0.2, 0) is 0 Å². The van der Waals surface area contributed by atoms with Crippen molar-refractivity contribution in [3.63, 3.8) is 0 Å². The molecule has 4 nitrogen and oxygen atoms in total. The van der Waals surface area contributed by atoms with Crippen LogP contribution in [-0.4, -0.2) is 52.4 Å². The van der Waals surface area contributed by atoms with E-state index in [4.69, 9.17) is 11.6 Å². The number of pyridine rings is 1. The summed E-state index contributed by atoms with van der Waals surface area (Å²) in [6.45, 7) is 9.87. The maximum Gasteiger partial charge on any atom is 0.272 e. The topological polar surface area (TPSA) is 36.4 Å². The predicted molar refractivity (Wildman–Crippen MR) is 76.5 cm³/mol. The van der Waals surface area contributed by atoms with Crippen LogP contribution in [0.2, 0.25) is 5.15 Å². The van der Waals surface area contributed by atoms with Crippen LogP contribution in [0.25, 0.3) is 0 Å². The maximum atomic E-state index is 12.3. The minimum atomic E-state index is -0.0314. The number of aromatic nitrogens is 1. The largest absolute Gasteiger partial charge is 0.335 e. The number of nitrogens with zero attached hydrogens (tertiary/aromatic N) is 3. The lowest BCUT2D eigenvalue weighted by Gasteiger charge is -2.42. The molecular weight excluding hydrogens is 262 g/mol. The third-order valence-electron chi connectivity index (χ3n) is 3.45. The van der Waals surface area contributed by atoms with E-state index >= 15 is 0 Å². The third kappa shape index (κ3) is 3.45. The van der Waals surface area contributed by atoms with Crippen molar-refractivity contribution in [2.45, 2.75) is 26.3 Å². The first-order valence-corrected chi connectivity index (χ1v) is 6.92. The fourth-order valence-corrected chi connectivity index (χ4v) is 2.43. The van der Waals surface area contributed by atoms with Gasteiger partial charge >= 0.3 is 0 Å². The second kappa shape index (κ2) is 5.47. The minimum Gasteiger partial charge on any atom is -0.335 e. The lowest BCUT2D eigenvalue weighted by atomic mass is 10.0. The van der Waals surface area contributed by atoms with E-state index < -0.39 is 0 Å². The van der Waals surface area contributed by atoms with Gasteiger partial charge in [-0.15, -0.1) is 0 Å². The van der Waals surface area contributed by atoms with Crippen LogP contribution in [0, 0.1) is 0 Å². The van der Waals surface area contributed by atoms with Gasteiger partial charge in [0.2, 0.25) is 0 Å². The summed E-state index contributed by atoms with van der Waals surface area (Å²) in [6, 6.07) is 5.15. The molecule has 0 bridgehead atoms. The molecule has 1 aliphatic rings. The highest BCUT2D eigenvalue weighted by Gasteiger charge is 2.28. The van der Waals surface area contributed by atoms with Crippen LogP contribution in [0.15, 0.2) is 18.2 Å². The highest BCUT2D eigenvalue weighted by molar-refractivity contribution is 6.29. The van der Waals surface area contributed by atoms with Gasteiger partial charge in [-0.05, 0) is 32.9 Å². The van der Waals surface area contributed by atoms with E-state index in [0.717, 1.165) is 26.2 Å². The van der Waals surface area contributed by atoms with Crippen molar-refractivity contribution in [1.82, 2.24) is 14.8 Å². The number of carbonyl (C=O) groups excluding carboxylic acids is 1. The summed E-state index contributed by atoms with van der Waals surface area (Å²) in [5.74, 6) is -0.0314. The lowest BCUT2D eigenvalue weighted by Crippen LogP contribution is -2.54. The Morgan fingerprint density at radius 1 is 1.21 bits per heavy atom. The number of hydrogen-bond acceptors (Lipinski definition) is 3. The van der Waals surface area contributed by atoms with Crippen molar-refractivity contribution in [2.24, 2.45) is 0 Å². The molecule has 0 aliphatic carbocycles. The molecule has 0 N–H and O–H groups in total. The number of rotatable bonds is 1. The fraction of sp³-hybridized carbons (Fsp3) is 0.571.